The lowest BCUT2D eigenvalue weighted by Crippen LogP contribution is -1.88. The average molecular weight is 370 g/mol. The Balaban J connectivity index is 1.70. The minimum absolute atomic E-state index is 1.04. The Labute approximate surface area is 160 Å². The number of thiophene rings is 2. The van der Waals surface area contributed by atoms with E-state index in [1.165, 1.54) is 31.1 Å². The van der Waals surface area contributed by atoms with Crippen LogP contribution in [0.2, 0.25) is 0 Å². The van der Waals surface area contributed by atoms with Crippen LogP contribution in [0.3, 0.4) is 0 Å². The number of rotatable bonds is 3. The van der Waals surface area contributed by atoms with Crippen molar-refractivity contribution in [3.63, 3.8) is 0 Å². The molecule has 5 rings (SSSR count). The summed E-state index contributed by atoms with van der Waals surface area (Å²) in [6.45, 7) is 0. The normalized spacial score (nSPS) is 11.1. The van der Waals surface area contributed by atoms with Crippen molar-refractivity contribution >= 4 is 33.6 Å². The van der Waals surface area contributed by atoms with Crippen LogP contribution in [0.5, 0.6) is 0 Å². The minimum atomic E-state index is 1.04. The molecular formula is C23H15NS2. The molecule has 0 aliphatic carbocycles. The van der Waals surface area contributed by atoms with E-state index < -0.39 is 0 Å². The summed E-state index contributed by atoms with van der Waals surface area (Å²) in [5.41, 5.74) is 4.53. The monoisotopic (exact) mass is 369 g/mol. The Morgan fingerprint density at radius 3 is 2.31 bits per heavy atom. The largest absolute Gasteiger partial charge is 0.247 e. The number of fused-ring (bicyclic) bond motifs is 1. The zero-order valence-electron chi connectivity index (χ0n) is 13.9. The van der Waals surface area contributed by atoms with E-state index in [1.54, 1.807) is 22.7 Å². The van der Waals surface area contributed by atoms with Crippen LogP contribution in [0.25, 0.3) is 42.4 Å². The van der Waals surface area contributed by atoms with E-state index in [0.717, 1.165) is 11.2 Å². The van der Waals surface area contributed by atoms with Gasteiger partial charge in [0.05, 0.1) is 16.1 Å². The second-order valence-corrected chi connectivity index (χ2v) is 8.11. The highest BCUT2D eigenvalue weighted by molar-refractivity contribution is 7.23. The molecule has 0 N–H and O–H groups in total. The Hall–Kier alpha value is -2.75. The van der Waals surface area contributed by atoms with E-state index in [9.17, 15) is 0 Å². The van der Waals surface area contributed by atoms with E-state index in [1.807, 2.05) is 0 Å². The van der Waals surface area contributed by atoms with Crippen molar-refractivity contribution in [2.45, 2.75) is 0 Å². The fourth-order valence-electron chi connectivity index (χ4n) is 3.18. The van der Waals surface area contributed by atoms with Gasteiger partial charge in [0.1, 0.15) is 0 Å². The van der Waals surface area contributed by atoms with Gasteiger partial charge in [0.2, 0.25) is 0 Å². The average Bonchev–Trinajstić information content (AvgIpc) is 3.39. The molecule has 0 unspecified atom stereocenters. The molecular weight excluding hydrogens is 354 g/mol. The smallest absolute Gasteiger partial charge is 0.0815 e. The molecule has 0 saturated carbocycles. The third kappa shape index (κ3) is 2.75. The summed E-state index contributed by atoms with van der Waals surface area (Å²) < 4.78 is 0. The summed E-state index contributed by atoms with van der Waals surface area (Å²) in [4.78, 5) is 8.75. The highest BCUT2D eigenvalue weighted by Crippen LogP contribution is 2.38. The molecule has 0 spiro atoms. The molecule has 0 amide bonds. The molecule has 0 atom stereocenters. The van der Waals surface area contributed by atoms with Gasteiger partial charge in [-0.3, -0.25) is 0 Å². The maximum absolute atomic E-state index is 4.94. The van der Waals surface area contributed by atoms with Crippen LogP contribution in [0, 0.1) is 0 Å². The van der Waals surface area contributed by atoms with Crippen LogP contribution in [-0.2, 0) is 0 Å². The van der Waals surface area contributed by atoms with Gasteiger partial charge < -0.3 is 0 Å². The maximum atomic E-state index is 4.94. The lowest BCUT2D eigenvalue weighted by molar-refractivity contribution is 1.42. The van der Waals surface area contributed by atoms with Crippen LogP contribution in [-0.4, -0.2) is 4.98 Å². The zero-order valence-corrected chi connectivity index (χ0v) is 15.6. The summed E-state index contributed by atoms with van der Waals surface area (Å²) in [5, 5.41) is 3.31. The second-order valence-electron chi connectivity index (χ2n) is 6.08. The quantitative estimate of drug-likeness (QED) is 0.324. The van der Waals surface area contributed by atoms with Gasteiger partial charge >= 0.3 is 0 Å². The number of benzene rings is 2. The van der Waals surface area contributed by atoms with Crippen LogP contribution in [0.15, 0.2) is 90.3 Å². The van der Waals surface area contributed by atoms with Gasteiger partial charge in [0.15, 0.2) is 0 Å². The Morgan fingerprint density at radius 2 is 1.46 bits per heavy atom. The fourth-order valence-corrected chi connectivity index (χ4v) is 4.99. The number of hydrogen-bond donors (Lipinski definition) is 0. The number of nitrogens with zero attached hydrogens (tertiary/aromatic N) is 1. The van der Waals surface area contributed by atoms with Gasteiger partial charge in [-0.15, -0.1) is 22.7 Å². The highest BCUT2D eigenvalue weighted by atomic mass is 32.1. The molecule has 3 heterocycles. The van der Waals surface area contributed by atoms with Crippen LogP contribution in [0.4, 0.5) is 0 Å². The molecule has 2 aromatic carbocycles. The van der Waals surface area contributed by atoms with Crippen LogP contribution >= 0.6 is 22.7 Å². The molecule has 0 saturated heterocycles. The van der Waals surface area contributed by atoms with E-state index in [2.05, 4.69) is 90.3 Å². The summed E-state index contributed by atoms with van der Waals surface area (Å²) in [6.07, 6.45) is 0. The van der Waals surface area contributed by atoms with Gasteiger partial charge in [0.25, 0.3) is 0 Å². The first-order valence-electron chi connectivity index (χ1n) is 8.48. The van der Waals surface area contributed by atoms with Crippen molar-refractivity contribution in [3.8, 4) is 31.5 Å². The number of para-hydroxylation sites is 1. The van der Waals surface area contributed by atoms with Gasteiger partial charge in [-0.25, -0.2) is 4.98 Å². The topological polar surface area (TPSA) is 12.9 Å². The van der Waals surface area contributed by atoms with Crippen LogP contribution < -0.4 is 0 Å². The molecule has 3 heteroatoms. The first kappa shape index (κ1) is 15.5. The first-order valence-corrected chi connectivity index (χ1v) is 10.2. The fraction of sp³-hybridized carbons (Fsp3) is 0. The van der Waals surface area contributed by atoms with Crippen molar-refractivity contribution in [2.24, 2.45) is 0 Å². The molecule has 3 aromatic heterocycles. The number of pyridine rings is 1. The molecule has 0 aliphatic rings. The molecule has 124 valence electrons. The van der Waals surface area contributed by atoms with E-state index in [4.69, 9.17) is 4.98 Å². The molecule has 0 aliphatic heterocycles. The maximum Gasteiger partial charge on any atom is 0.0815 e. The van der Waals surface area contributed by atoms with Crippen molar-refractivity contribution in [2.75, 3.05) is 0 Å². The third-order valence-electron chi connectivity index (χ3n) is 4.42. The molecule has 5 aromatic rings. The van der Waals surface area contributed by atoms with Gasteiger partial charge in [-0.05, 0) is 46.8 Å². The van der Waals surface area contributed by atoms with Crippen molar-refractivity contribution < 1.29 is 0 Å². The summed E-state index contributed by atoms with van der Waals surface area (Å²) in [6, 6.07) is 29.8. The summed E-state index contributed by atoms with van der Waals surface area (Å²) in [7, 11) is 0. The van der Waals surface area contributed by atoms with Crippen molar-refractivity contribution in [1.29, 1.82) is 0 Å². The summed E-state index contributed by atoms with van der Waals surface area (Å²) in [5.74, 6) is 0. The first-order chi connectivity index (χ1) is 12.9. The molecule has 1 nitrogen and oxygen atoms in total. The van der Waals surface area contributed by atoms with Gasteiger partial charge in [-0.2, -0.15) is 0 Å². The lowest BCUT2D eigenvalue weighted by atomic mass is 10.00. The van der Waals surface area contributed by atoms with E-state index in [0.29, 0.717) is 0 Å². The molecule has 0 bridgehead atoms. The second kappa shape index (κ2) is 6.52. The standard InChI is InChI=1S/C23H15NS2/c1-2-7-16(8-3-1)18-15-20(24-19-10-5-4-9-17(18)19)21-12-13-23(26-21)22-11-6-14-25-22/h1-15H. The third-order valence-corrected chi connectivity index (χ3v) is 6.60. The zero-order chi connectivity index (χ0) is 17.3. The highest BCUT2D eigenvalue weighted by Gasteiger charge is 2.11. The van der Waals surface area contributed by atoms with Gasteiger partial charge in [-0.1, -0.05) is 54.6 Å². The van der Waals surface area contributed by atoms with Crippen molar-refractivity contribution in [1.82, 2.24) is 4.98 Å². The Morgan fingerprint density at radius 1 is 0.654 bits per heavy atom. The lowest BCUT2D eigenvalue weighted by Gasteiger charge is -2.09. The minimum Gasteiger partial charge on any atom is -0.247 e. The molecule has 0 fully saturated rings. The summed E-state index contributed by atoms with van der Waals surface area (Å²) >= 11 is 3.58. The van der Waals surface area contributed by atoms with E-state index in [-0.39, 0.29) is 0 Å². The Bertz CT molecular complexity index is 1170. The number of aromatic nitrogens is 1. The van der Waals surface area contributed by atoms with Crippen LogP contribution in [0.1, 0.15) is 0 Å². The molecule has 0 radical (unpaired) electrons. The Kier molecular flexibility index (Phi) is 3.89. The number of hydrogen-bond acceptors (Lipinski definition) is 3. The van der Waals surface area contributed by atoms with Gasteiger partial charge in [0, 0.05) is 15.1 Å². The predicted molar refractivity (Wildman–Crippen MR) is 114 cm³/mol. The van der Waals surface area contributed by atoms with E-state index >= 15 is 0 Å². The molecule has 26 heavy (non-hydrogen) atoms. The SMILES string of the molecule is c1ccc(-c2cc(-c3ccc(-c4cccs4)s3)nc3ccccc23)cc1. The van der Waals surface area contributed by atoms with Crippen molar-refractivity contribution in [3.05, 3.63) is 90.3 Å². The predicted octanol–water partition coefficient (Wildman–Crippen LogP) is 7.36.